The van der Waals surface area contributed by atoms with Crippen molar-refractivity contribution >= 4 is 23.5 Å². The van der Waals surface area contributed by atoms with Crippen molar-refractivity contribution in [3.8, 4) is 22.8 Å². The molecule has 11 heteroatoms. The maximum Gasteiger partial charge on any atom is 0.353 e. The number of pyridine rings is 1. The normalized spacial score (nSPS) is 13.2. The SMILES string of the molecule is CCc1c(-c2ccc(-n3c(OC)nn(C)c3=O)cc2)ccnc1N1CCN(c2cccc(C(=O)OC)c2)C1=O. The molecule has 0 spiro atoms. The number of nitrogens with zero attached hydrogens (tertiary/aromatic N) is 6. The van der Waals surface area contributed by atoms with E-state index in [4.69, 9.17) is 9.47 Å². The fourth-order valence-electron chi connectivity index (χ4n) is 4.81. The predicted molar refractivity (Wildman–Crippen MR) is 146 cm³/mol. The molecule has 0 unspecified atom stereocenters. The lowest BCUT2D eigenvalue weighted by Gasteiger charge is -2.22. The Morgan fingerprint density at radius 3 is 2.41 bits per heavy atom. The smallest absolute Gasteiger partial charge is 0.353 e. The van der Waals surface area contributed by atoms with Crippen LogP contribution in [0.4, 0.5) is 16.3 Å². The van der Waals surface area contributed by atoms with E-state index >= 15 is 0 Å². The number of amides is 2. The second-order valence-electron chi connectivity index (χ2n) is 8.92. The standard InChI is InChI=1S/C28H28N6O5/c1-5-22-23(18-9-11-20(12-10-18)34-26(39-4)30-31(2)27(34)36)13-14-29-24(22)33-16-15-32(28(33)37)21-8-6-7-19(17-21)25(35)38-3/h6-14,17H,5,15-16H2,1-4H3. The van der Waals surface area contributed by atoms with Gasteiger partial charge in [-0.15, -0.1) is 5.10 Å². The fraction of sp³-hybridized carbons (Fsp3) is 0.250. The molecular weight excluding hydrogens is 500 g/mol. The Morgan fingerprint density at radius 2 is 1.72 bits per heavy atom. The minimum Gasteiger partial charge on any atom is -0.467 e. The average Bonchev–Trinajstić information content (AvgIpc) is 3.50. The molecule has 0 N–H and O–H groups in total. The highest BCUT2D eigenvalue weighted by Gasteiger charge is 2.33. The van der Waals surface area contributed by atoms with Crippen molar-refractivity contribution in [3.05, 3.63) is 82.4 Å². The summed E-state index contributed by atoms with van der Waals surface area (Å²) in [6, 6.07) is 16.2. The highest BCUT2D eigenvalue weighted by atomic mass is 16.5. The monoisotopic (exact) mass is 528 g/mol. The lowest BCUT2D eigenvalue weighted by molar-refractivity contribution is 0.0600. The lowest BCUT2D eigenvalue weighted by Crippen LogP contribution is -2.33. The summed E-state index contributed by atoms with van der Waals surface area (Å²) in [6.45, 7) is 2.93. The Morgan fingerprint density at radius 1 is 0.974 bits per heavy atom. The van der Waals surface area contributed by atoms with Crippen molar-refractivity contribution in [2.75, 3.05) is 37.1 Å². The predicted octanol–water partition coefficient (Wildman–Crippen LogP) is 3.44. The van der Waals surface area contributed by atoms with E-state index in [1.165, 1.54) is 23.5 Å². The zero-order chi connectivity index (χ0) is 27.7. The molecule has 5 rings (SSSR count). The van der Waals surface area contributed by atoms with Gasteiger partial charge in [-0.3, -0.25) is 9.80 Å². The number of ether oxygens (including phenoxy) is 2. The van der Waals surface area contributed by atoms with Gasteiger partial charge in [-0.05, 0) is 53.9 Å². The number of carbonyl (C=O) groups excluding carboxylic acids is 2. The number of anilines is 2. The third kappa shape index (κ3) is 4.52. The van der Waals surface area contributed by atoms with Gasteiger partial charge >= 0.3 is 23.7 Å². The number of aryl methyl sites for hydroxylation is 1. The third-order valence-corrected chi connectivity index (χ3v) is 6.74. The van der Waals surface area contributed by atoms with Gasteiger partial charge in [0.15, 0.2) is 0 Å². The van der Waals surface area contributed by atoms with Crippen molar-refractivity contribution in [3.63, 3.8) is 0 Å². The second kappa shape index (κ2) is 10.4. The first-order chi connectivity index (χ1) is 18.9. The van der Waals surface area contributed by atoms with Crippen LogP contribution in [0.3, 0.4) is 0 Å². The van der Waals surface area contributed by atoms with Gasteiger partial charge in [0.25, 0.3) is 0 Å². The lowest BCUT2D eigenvalue weighted by atomic mass is 9.98. The Labute approximate surface area is 224 Å². The summed E-state index contributed by atoms with van der Waals surface area (Å²) < 4.78 is 12.7. The van der Waals surface area contributed by atoms with Gasteiger partial charge < -0.3 is 9.47 Å². The highest BCUT2D eigenvalue weighted by Crippen LogP contribution is 2.33. The zero-order valence-electron chi connectivity index (χ0n) is 22.1. The van der Waals surface area contributed by atoms with Gasteiger partial charge in [-0.2, -0.15) is 0 Å². The van der Waals surface area contributed by atoms with Crippen molar-refractivity contribution in [2.45, 2.75) is 13.3 Å². The molecule has 200 valence electrons. The summed E-state index contributed by atoms with van der Waals surface area (Å²) in [5.41, 5.74) is 4.11. The first-order valence-corrected chi connectivity index (χ1v) is 12.4. The van der Waals surface area contributed by atoms with Gasteiger partial charge in [-0.25, -0.2) is 28.6 Å². The van der Waals surface area contributed by atoms with Crippen LogP contribution >= 0.6 is 0 Å². The van der Waals surface area contributed by atoms with Crippen molar-refractivity contribution in [2.24, 2.45) is 7.05 Å². The summed E-state index contributed by atoms with van der Waals surface area (Å²) in [5, 5.41) is 4.09. The van der Waals surface area contributed by atoms with Crippen LogP contribution in [0.25, 0.3) is 16.8 Å². The Kier molecular flexibility index (Phi) is 6.88. The van der Waals surface area contributed by atoms with Crippen molar-refractivity contribution in [1.29, 1.82) is 0 Å². The number of hydrogen-bond donors (Lipinski definition) is 0. The quantitative estimate of drug-likeness (QED) is 0.338. The Balaban J connectivity index is 1.46. The first-order valence-electron chi connectivity index (χ1n) is 12.4. The van der Waals surface area contributed by atoms with E-state index < -0.39 is 5.97 Å². The molecule has 2 amide bonds. The van der Waals surface area contributed by atoms with E-state index in [0.717, 1.165) is 16.7 Å². The molecule has 1 aliphatic heterocycles. The number of rotatable bonds is 7. The number of urea groups is 1. The van der Waals surface area contributed by atoms with E-state index in [2.05, 4.69) is 10.1 Å². The number of methoxy groups -OCH3 is 2. The summed E-state index contributed by atoms with van der Waals surface area (Å²) >= 11 is 0. The maximum absolute atomic E-state index is 13.5. The number of carbonyl (C=O) groups is 2. The second-order valence-corrected chi connectivity index (χ2v) is 8.92. The molecule has 1 aliphatic rings. The molecule has 2 aromatic heterocycles. The number of hydrogen-bond acceptors (Lipinski definition) is 7. The Bertz CT molecular complexity index is 1610. The third-order valence-electron chi connectivity index (χ3n) is 6.74. The molecule has 4 aromatic rings. The molecule has 2 aromatic carbocycles. The first kappa shape index (κ1) is 25.7. The maximum atomic E-state index is 13.5. The molecule has 1 saturated heterocycles. The average molecular weight is 529 g/mol. The van der Waals surface area contributed by atoms with Crippen LogP contribution < -0.4 is 20.2 Å². The summed E-state index contributed by atoms with van der Waals surface area (Å²) in [4.78, 5) is 45.9. The van der Waals surface area contributed by atoms with Crippen LogP contribution in [0, 0.1) is 0 Å². The van der Waals surface area contributed by atoms with Crippen LogP contribution in [0.2, 0.25) is 0 Å². The largest absolute Gasteiger partial charge is 0.467 e. The summed E-state index contributed by atoms with van der Waals surface area (Å²) in [5.74, 6) is 0.140. The van der Waals surface area contributed by atoms with E-state index in [1.807, 2.05) is 37.3 Å². The van der Waals surface area contributed by atoms with Gasteiger partial charge in [-0.1, -0.05) is 25.1 Å². The van der Waals surface area contributed by atoms with E-state index in [9.17, 15) is 14.4 Å². The number of benzene rings is 2. The van der Waals surface area contributed by atoms with Crippen LogP contribution in [0.1, 0.15) is 22.8 Å². The summed E-state index contributed by atoms with van der Waals surface area (Å²) in [6.07, 6.45) is 2.35. The molecule has 3 heterocycles. The van der Waals surface area contributed by atoms with Crippen molar-refractivity contribution < 1.29 is 19.1 Å². The zero-order valence-corrected chi connectivity index (χ0v) is 22.1. The molecule has 1 fully saturated rings. The van der Waals surface area contributed by atoms with Gasteiger partial charge in [0.1, 0.15) is 5.82 Å². The van der Waals surface area contributed by atoms with E-state index in [-0.39, 0.29) is 17.7 Å². The topological polar surface area (TPSA) is 112 Å². The number of esters is 1. The van der Waals surface area contributed by atoms with Gasteiger partial charge in [0.05, 0.1) is 25.5 Å². The van der Waals surface area contributed by atoms with Crippen LogP contribution in [0.5, 0.6) is 6.01 Å². The van der Waals surface area contributed by atoms with Crippen LogP contribution in [0.15, 0.2) is 65.6 Å². The van der Waals surface area contributed by atoms with Gasteiger partial charge in [0.2, 0.25) is 0 Å². The molecular formula is C28H28N6O5. The Hall–Kier alpha value is -4.93. The van der Waals surface area contributed by atoms with E-state index in [0.29, 0.717) is 42.3 Å². The number of aromatic nitrogens is 4. The highest BCUT2D eigenvalue weighted by molar-refractivity contribution is 6.07. The minimum absolute atomic E-state index is 0.199. The molecule has 39 heavy (non-hydrogen) atoms. The molecule has 0 atom stereocenters. The molecule has 0 saturated carbocycles. The molecule has 11 nitrogen and oxygen atoms in total. The van der Waals surface area contributed by atoms with Crippen LogP contribution in [-0.4, -0.2) is 58.6 Å². The van der Waals surface area contributed by atoms with Gasteiger partial charge in [0, 0.05) is 37.6 Å². The molecule has 0 radical (unpaired) electrons. The molecule has 0 aliphatic carbocycles. The van der Waals surface area contributed by atoms with Crippen molar-refractivity contribution in [1.82, 2.24) is 19.3 Å². The summed E-state index contributed by atoms with van der Waals surface area (Å²) in [7, 11) is 4.36. The minimum atomic E-state index is -0.458. The van der Waals surface area contributed by atoms with Crippen LogP contribution in [-0.2, 0) is 18.2 Å². The van der Waals surface area contributed by atoms with E-state index in [1.54, 1.807) is 47.3 Å². The fourth-order valence-corrected chi connectivity index (χ4v) is 4.81. The molecule has 0 bridgehead atoms.